The van der Waals surface area contributed by atoms with Gasteiger partial charge in [-0.15, -0.1) is 0 Å². The Hall–Kier alpha value is -0.0400. The van der Waals surface area contributed by atoms with Crippen molar-refractivity contribution in [1.82, 2.24) is 4.90 Å². The molecule has 20 heavy (non-hydrogen) atoms. The second-order valence-electron chi connectivity index (χ2n) is 7.69. The first-order valence-corrected chi connectivity index (χ1v) is 9.24. The summed E-state index contributed by atoms with van der Waals surface area (Å²) in [6, 6.07) is 0.789. The third-order valence-corrected chi connectivity index (χ3v) is 5.44. The fourth-order valence-electron chi connectivity index (χ4n) is 3.92. The summed E-state index contributed by atoms with van der Waals surface area (Å²) in [5.41, 5.74) is 0. The van der Waals surface area contributed by atoms with Crippen molar-refractivity contribution in [3.8, 4) is 0 Å². The minimum atomic E-state index is 0.789. The summed E-state index contributed by atoms with van der Waals surface area (Å²) in [6.45, 7) is 10.8. The number of hydrogen-bond donors (Lipinski definition) is 0. The first kappa shape index (κ1) is 18.0. The van der Waals surface area contributed by atoms with E-state index in [1.807, 2.05) is 0 Å². The molecule has 0 aromatic rings. The Morgan fingerprint density at radius 1 is 0.950 bits per heavy atom. The first-order chi connectivity index (χ1) is 9.54. The van der Waals surface area contributed by atoms with Gasteiger partial charge in [0.05, 0.1) is 0 Å². The SMILES string of the molecule is CCCCCCN(C)C(C)C1CCC(CC(C)C)CC1. The van der Waals surface area contributed by atoms with Gasteiger partial charge in [-0.05, 0) is 64.0 Å². The van der Waals surface area contributed by atoms with E-state index in [0.717, 1.165) is 23.8 Å². The predicted molar refractivity (Wildman–Crippen MR) is 91.1 cm³/mol. The van der Waals surface area contributed by atoms with Crippen molar-refractivity contribution in [2.24, 2.45) is 17.8 Å². The fourth-order valence-corrected chi connectivity index (χ4v) is 3.92. The number of rotatable bonds is 9. The van der Waals surface area contributed by atoms with E-state index in [-0.39, 0.29) is 0 Å². The van der Waals surface area contributed by atoms with Crippen molar-refractivity contribution in [2.45, 2.75) is 91.5 Å². The molecule has 0 N–H and O–H groups in total. The monoisotopic (exact) mass is 281 g/mol. The van der Waals surface area contributed by atoms with Crippen LogP contribution >= 0.6 is 0 Å². The van der Waals surface area contributed by atoms with Gasteiger partial charge in [-0.3, -0.25) is 0 Å². The molecule has 120 valence electrons. The summed E-state index contributed by atoms with van der Waals surface area (Å²) in [7, 11) is 2.34. The lowest BCUT2D eigenvalue weighted by molar-refractivity contribution is 0.132. The summed E-state index contributed by atoms with van der Waals surface area (Å²) >= 11 is 0. The Balaban J connectivity index is 2.22. The number of unbranched alkanes of at least 4 members (excludes halogenated alkanes) is 3. The molecule has 1 heteroatoms. The molecule has 1 atom stereocenters. The quantitative estimate of drug-likeness (QED) is 0.487. The van der Waals surface area contributed by atoms with Crippen molar-refractivity contribution < 1.29 is 0 Å². The molecule has 0 aromatic carbocycles. The average molecular weight is 282 g/mol. The summed E-state index contributed by atoms with van der Waals surface area (Å²) in [4.78, 5) is 2.63. The molecule has 1 aliphatic carbocycles. The van der Waals surface area contributed by atoms with Crippen molar-refractivity contribution in [2.75, 3.05) is 13.6 Å². The zero-order valence-corrected chi connectivity index (χ0v) is 14.8. The van der Waals surface area contributed by atoms with E-state index in [2.05, 4.69) is 39.6 Å². The van der Waals surface area contributed by atoms with Crippen LogP contribution in [-0.2, 0) is 0 Å². The van der Waals surface area contributed by atoms with E-state index in [4.69, 9.17) is 0 Å². The standard InChI is InChI=1S/C19H39N/c1-6-7-8-9-14-20(5)17(4)19-12-10-18(11-13-19)15-16(2)3/h16-19H,6-15H2,1-5H3. The molecule has 0 radical (unpaired) electrons. The van der Waals surface area contributed by atoms with Crippen molar-refractivity contribution >= 4 is 0 Å². The Morgan fingerprint density at radius 3 is 2.15 bits per heavy atom. The van der Waals surface area contributed by atoms with Crippen molar-refractivity contribution in [3.05, 3.63) is 0 Å². The maximum Gasteiger partial charge on any atom is 0.00921 e. The molecule has 1 fully saturated rings. The van der Waals surface area contributed by atoms with Gasteiger partial charge < -0.3 is 4.90 Å². The molecule has 0 bridgehead atoms. The third-order valence-electron chi connectivity index (χ3n) is 5.44. The summed E-state index contributed by atoms with van der Waals surface area (Å²) in [6.07, 6.45) is 12.9. The van der Waals surface area contributed by atoms with Gasteiger partial charge in [0, 0.05) is 6.04 Å². The topological polar surface area (TPSA) is 3.24 Å². The molecule has 1 aliphatic rings. The maximum atomic E-state index is 2.63. The zero-order chi connectivity index (χ0) is 15.0. The van der Waals surface area contributed by atoms with Gasteiger partial charge in [0.1, 0.15) is 0 Å². The second-order valence-corrected chi connectivity index (χ2v) is 7.69. The van der Waals surface area contributed by atoms with E-state index in [1.165, 1.54) is 64.3 Å². The van der Waals surface area contributed by atoms with E-state index < -0.39 is 0 Å². The lowest BCUT2D eigenvalue weighted by Gasteiger charge is -2.37. The molecule has 1 rings (SSSR count). The maximum absolute atomic E-state index is 2.63. The van der Waals surface area contributed by atoms with E-state index in [1.54, 1.807) is 0 Å². The highest BCUT2D eigenvalue weighted by Crippen LogP contribution is 2.35. The molecule has 1 unspecified atom stereocenters. The van der Waals surface area contributed by atoms with E-state index >= 15 is 0 Å². The molecular formula is C19H39N. The summed E-state index contributed by atoms with van der Waals surface area (Å²) in [5.74, 6) is 2.86. The van der Waals surface area contributed by atoms with Crippen LogP contribution in [0, 0.1) is 17.8 Å². The van der Waals surface area contributed by atoms with Crippen LogP contribution in [0.25, 0.3) is 0 Å². The van der Waals surface area contributed by atoms with Crippen LogP contribution < -0.4 is 0 Å². The van der Waals surface area contributed by atoms with Gasteiger partial charge in [-0.25, -0.2) is 0 Å². The highest BCUT2D eigenvalue weighted by molar-refractivity contribution is 4.80. The van der Waals surface area contributed by atoms with E-state index in [0.29, 0.717) is 0 Å². The predicted octanol–water partition coefficient (Wildman–Crippen LogP) is 5.74. The second kappa shape index (κ2) is 9.82. The van der Waals surface area contributed by atoms with Gasteiger partial charge in [0.25, 0.3) is 0 Å². The molecule has 1 nitrogen and oxygen atoms in total. The highest BCUT2D eigenvalue weighted by Gasteiger charge is 2.27. The molecule has 1 saturated carbocycles. The Kier molecular flexibility index (Phi) is 8.84. The van der Waals surface area contributed by atoms with Crippen LogP contribution in [-0.4, -0.2) is 24.5 Å². The van der Waals surface area contributed by atoms with Gasteiger partial charge in [-0.2, -0.15) is 0 Å². The molecule has 0 saturated heterocycles. The molecule has 0 spiro atoms. The Labute approximate surface area is 128 Å². The number of hydrogen-bond acceptors (Lipinski definition) is 1. The largest absolute Gasteiger partial charge is 0.303 e. The average Bonchev–Trinajstić information content (AvgIpc) is 2.43. The van der Waals surface area contributed by atoms with Crippen LogP contribution in [0.1, 0.15) is 85.5 Å². The van der Waals surface area contributed by atoms with Gasteiger partial charge in [0.15, 0.2) is 0 Å². The van der Waals surface area contributed by atoms with Crippen LogP contribution in [0.5, 0.6) is 0 Å². The zero-order valence-electron chi connectivity index (χ0n) is 14.8. The lowest BCUT2D eigenvalue weighted by Crippen LogP contribution is -2.38. The fraction of sp³-hybridized carbons (Fsp3) is 1.00. The van der Waals surface area contributed by atoms with Crippen molar-refractivity contribution in [3.63, 3.8) is 0 Å². The molecule has 0 amide bonds. The minimum Gasteiger partial charge on any atom is -0.303 e. The Morgan fingerprint density at radius 2 is 1.60 bits per heavy atom. The third kappa shape index (κ3) is 6.61. The normalized spacial score (nSPS) is 25.4. The molecule has 0 aromatic heterocycles. The van der Waals surface area contributed by atoms with Crippen LogP contribution in [0.3, 0.4) is 0 Å². The van der Waals surface area contributed by atoms with Crippen LogP contribution in [0.4, 0.5) is 0 Å². The molecule has 0 aliphatic heterocycles. The van der Waals surface area contributed by atoms with Gasteiger partial charge in [0.2, 0.25) is 0 Å². The van der Waals surface area contributed by atoms with Crippen LogP contribution in [0.2, 0.25) is 0 Å². The minimum absolute atomic E-state index is 0.789. The lowest BCUT2D eigenvalue weighted by atomic mass is 9.76. The summed E-state index contributed by atoms with van der Waals surface area (Å²) < 4.78 is 0. The molecule has 0 heterocycles. The molecular weight excluding hydrogens is 242 g/mol. The van der Waals surface area contributed by atoms with Gasteiger partial charge >= 0.3 is 0 Å². The van der Waals surface area contributed by atoms with Crippen LogP contribution in [0.15, 0.2) is 0 Å². The van der Waals surface area contributed by atoms with Gasteiger partial charge in [-0.1, -0.05) is 52.9 Å². The summed E-state index contributed by atoms with van der Waals surface area (Å²) in [5, 5.41) is 0. The smallest absolute Gasteiger partial charge is 0.00921 e. The Bertz CT molecular complexity index is 228. The first-order valence-electron chi connectivity index (χ1n) is 9.24. The number of nitrogens with zero attached hydrogens (tertiary/aromatic N) is 1. The van der Waals surface area contributed by atoms with Crippen molar-refractivity contribution in [1.29, 1.82) is 0 Å². The van der Waals surface area contributed by atoms with E-state index in [9.17, 15) is 0 Å². The highest BCUT2D eigenvalue weighted by atomic mass is 15.1.